The molecule has 1 amide bonds. The summed E-state index contributed by atoms with van der Waals surface area (Å²) in [5.74, 6) is -1.71. The summed E-state index contributed by atoms with van der Waals surface area (Å²) in [7, 11) is 0. The van der Waals surface area contributed by atoms with E-state index in [-0.39, 0.29) is 12.3 Å². The average Bonchev–Trinajstić information content (AvgIpc) is 2.27. The monoisotopic (exact) mass is 267 g/mol. The Balaban J connectivity index is 2.78. The van der Waals surface area contributed by atoms with Crippen molar-refractivity contribution in [3.63, 3.8) is 0 Å². The number of benzene rings is 1. The molecule has 2 N–H and O–H groups in total. The van der Waals surface area contributed by atoms with Crippen LogP contribution < -0.4 is 5.32 Å². The van der Waals surface area contributed by atoms with Crippen LogP contribution in [0.4, 0.5) is 4.39 Å². The molecule has 4 nitrogen and oxygen atoms in total. The number of carboxylic acid groups (broad SMARTS) is 1. The molecular weight excluding hydrogens is 249 g/mol. The molecule has 1 aromatic rings. The van der Waals surface area contributed by atoms with E-state index < -0.39 is 17.8 Å². The van der Waals surface area contributed by atoms with E-state index in [1.54, 1.807) is 6.92 Å². The highest BCUT2D eigenvalue weighted by molar-refractivity contribution is 5.96. The number of hydrogen-bond acceptors (Lipinski definition) is 2. The van der Waals surface area contributed by atoms with E-state index in [2.05, 4.69) is 5.32 Å². The van der Waals surface area contributed by atoms with Gasteiger partial charge >= 0.3 is 5.97 Å². The lowest BCUT2D eigenvalue weighted by molar-refractivity contribution is -0.137. The Morgan fingerprint density at radius 3 is 2.63 bits per heavy atom. The highest BCUT2D eigenvalue weighted by Crippen LogP contribution is 2.11. The van der Waals surface area contributed by atoms with Crippen LogP contribution in [0.25, 0.3) is 0 Å². The van der Waals surface area contributed by atoms with E-state index in [9.17, 15) is 14.0 Å². The Morgan fingerprint density at radius 2 is 2.11 bits per heavy atom. The van der Waals surface area contributed by atoms with Gasteiger partial charge in [-0.2, -0.15) is 0 Å². The molecule has 0 aliphatic heterocycles. The molecule has 0 saturated heterocycles. The molecule has 0 bridgehead atoms. The van der Waals surface area contributed by atoms with Crippen LogP contribution in [-0.4, -0.2) is 23.0 Å². The van der Waals surface area contributed by atoms with E-state index in [1.165, 1.54) is 18.2 Å². The van der Waals surface area contributed by atoms with Gasteiger partial charge in [-0.3, -0.25) is 9.59 Å². The van der Waals surface area contributed by atoms with Gasteiger partial charge in [0.05, 0.1) is 6.42 Å². The third-order valence-electron chi connectivity index (χ3n) is 2.83. The molecule has 0 aliphatic rings. The second kappa shape index (κ2) is 6.87. The number of aliphatic carboxylic acids is 1. The van der Waals surface area contributed by atoms with Crippen LogP contribution in [-0.2, 0) is 4.79 Å². The Hall–Kier alpha value is -1.91. The summed E-state index contributed by atoms with van der Waals surface area (Å²) in [6.45, 7) is 3.56. The number of rotatable bonds is 6. The van der Waals surface area contributed by atoms with Crippen LogP contribution in [0.1, 0.15) is 42.1 Å². The molecule has 0 aliphatic carbocycles. The fraction of sp³-hybridized carbons (Fsp3) is 0.429. The lowest BCUT2D eigenvalue weighted by Crippen LogP contribution is -2.36. The summed E-state index contributed by atoms with van der Waals surface area (Å²) in [6.07, 6.45) is 1.26. The first-order chi connectivity index (χ1) is 8.93. The minimum Gasteiger partial charge on any atom is -0.481 e. The maximum Gasteiger partial charge on any atom is 0.305 e. The Morgan fingerprint density at radius 1 is 1.42 bits per heavy atom. The molecule has 1 rings (SSSR count). The molecule has 1 unspecified atom stereocenters. The Kier molecular flexibility index (Phi) is 5.48. The minimum absolute atomic E-state index is 0.111. The molecule has 19 heavy (non-hydrogen) atoms. The smallest absolute Gasteiger partial charge is 0.305 e. The molecule has 0 aromatic heterocycles. The van der Waals surface area contributed by atoms with Gasteiger partial charge in [0, 0.05) is 11.6 Å². The van der Waals surface area contributed by atoms with Crippen molar-refractivity contribution in [3.05, 3.63) is 35.1 Å². The number of halogens is 1. The highest BCUT2D eigenvalue weighted by Gasteiger charge is 2.17. The molecular formula is C14H18FNO3. The van der Waals surface area contributed by atoms with Crippen LogP contribution in [0.3, 0.4) is 0 Å². The summed E-state index contributed by atoms with van der Waals surface area (Å²) >= 11 is 0. The summed E-state index contributed by atoms with van der Waals surface area (Å²) in [5.41, 5.74) is 0.899. The molecule has 0 spiro atoms. The van der Waals surface area contributed by atoms with Crippen molar-refractivity contribution in [2.24, 2.45) is 0 Å². The number of carboxylic acids is 1. The first-order valence-electron chi connectivity index (χ1n) is 6.22. The van der Waals surface area contributed by atoms with Crippen molar-refractivity contribution in [2.75, 3.05) is 0 Å². The summed E-state index contributed by atoms with van der Waals surface area (Å²) < 4.78 is 13.0. The minimum atomic E-state index is -0.949. The summed E-state index contributed by atoms with van der Waals surface area (Å²) in [6, 6.07) is 3.50. The zero-order valence-corrected chi connectivity index (χ0v) is 11.1. The molecule has 1 aromatic carbocycles. The molecule has 0 heterocycles. The zero-order valence-electron chi connectivity index (χ0n) is 11.1. The van der Waals surface area contributed by atoms with Crippen molar-refractivity contribution >= 4 is 11.9 Å². The lowest BCUT2D eigenvalue weighted by atomic mass is 10.1. The van der Waals surface area contributed by atoms with Crippen LogP contribution in [0.15, 0.2) is 18.2 Å². The van der Waals surface area contributed by atoms with Crippen molar-refractivity contribution in [2.45, 2.75) is 39.2 Å². The topological polar surface area (TPSA) is 66.4 Å². The second-order valence-corrected chi connectivity index (χ2v) is 4.52. The summed E-state index contributed by atoms with van der Waals surface area (Å²) in [4.78, 5) is 22.7. The van der Waals surface area contributed by atoms with Gasteiger partial charge in [-0.1, -0.05) is 13.3 Å². The lowest BCUT2D eigenvalue weighted by Gasteiger charge is -2.16. The number of carbonyl (C=O) groups excluding carboxylic acids is 1. The fourth-order valence-corrected chi connectivity index (χ4v) is 1.93. The Bertz CT molecular complexity index is 474. The largest absolute Gasteiger partial charge is 0.481 e. The first kappa shape index (κ1) is 15.1. The van der Waals surface area contributed by atoms with Crippen LogP contribution in [0.5, 0.6) is 0 Å². The van der Waals surface area contributed by atoms with Gasteiger partial charge in [-0.15, -0.1) is 0 Å². The van der Waals surface area contributed by atoms with E-state index in [4.69, 9.17) is 5.11 Å². The van der Waals surface area contributed by atoms with Gasteiger partial charge in [0.25, 0.3) is 5.91 Å². The van der Waals surface area contributed by atoms with Gasteiger partial charge in [-0.25, -0.2) is 4.39 Å². The van der Waals surface area contributed by atoms with E-state index in [0.717, 1.165) is 6.42 Å². The number of carbonyl (C=O) groups is 2. The predicted octanol–water partition coefficient (Wildman–Crippen LogP) is 2.51. The molecule has 0 saturated carbocycles. The van der Waals surface area contributed by atoms with E-state index in [0.29, 0.717) is 17.5 Å². The van der Waals surface area contributed by atoms with Gasteiger partial charge < -0.3 is 10.4 Å². The van der Waals surface area contributed by atoms with E-state index >= 15 is 0 Å². The molecule has 1 atom stereocenters. The average molecular weight is 267 g/mol. The van der Waals surface area contributed by atoms with Gasteiger partial charge in [-0.05, 0) is 37.1 Å². The van der Waals surface area contributed by atoms with Crippen LogP contribution in [0, 0.1) is 12.7 Å². The third-order valence-corrected chi connectivity index (χ3v) is 2.83. The van der Waals surface area contributed by atoms with Crippen molar-refractivity contribution in [3.8, 4) is 0 Å². The van der Waals surface area contributed by atoms with Gasteiger partial charge in [0.1, 0.15) is 5.82 Å². The van der Waals surface area contributed by atoms with Crippen molar-refractivity contribution in [1.82, 2.24) is 5.32 Å². The van der Waals surface area contributed by atoms with E-state index in [1.807, 2.05) is 6.92 Å². The Labute approximate surface area is 111 Å². The number of aryl methyl sites for hydroxylation is 1. The number of nitrogens with one attached hydrogen (secondary N) is 1. The van der Waals surface area contributed by atoms with Gasteiger partial charge in [0.15, 0.2) is 0 Å². The maximum absolute atomic E-state index is 13.0. The third kappa shape index (κ3) is 4.69. The predicted molar refractivity (Wildman–Crippen MR) is 69.6 cm³/mol. The molecule has 104 valence electrons. The number of hydrogen-bond donors (Lipinski definition) is 2. The second-order valence-electron chi connectivity index (χ2n) is 4.52. The summed E-state index contributed by atoms with van der Waals surface area (Å²) in [5, 5.41) is 11.5. The SMILES string of the molecule is CCCC(CC(=O)O)NC(=O)c1ccc(F)cc1C. The van der Waals surface area contributed by atoms with Crippen molar-refractivity contribution in [1.29, 1.82) is 0 Å². The number of amides is 1. The highest BCUT2D eigenvalue weighted by atomic mass is 19.1. The quantitative estimate of drug-likeness (QED) is 0.832. The maximum atomic E-state index is 13.0. The first-order valence-corrected chi connectivity index (χ1v) is 6.22. The molecule has 0 radical (unpaired) electrons. The zero-order chi connectivity index (χ0) is 14.4. The van der Waals surface area contributed by atoms with Gasteiger partial charge in [0.2, 0.25) is 0 Å². The molecule has 5 heteroatoms. The van der Waals surface area contributed by atoms with Crippen molar-refractivity contribution < 1.29 is 19.1 Å². The molecule has 0 fully saturated rings. The standard InChI is InChI=1S/C14H18FNO3/c1-3-4-11(8-13(17)18)16-14(19)12-6-5-10(15)7-9(12)2/h5-7,11H,3-4,8H2,1-2H3,(H,16,19)(H,17,18). The van der Waals surface area contributed by atoms with Crippen LogP contribution in [0.2, 0.25) is 0 Å². The van der Waals surface area contributed by atoms with Crippen LogP contribution >= 0.6 is 0 Å². The normalized spacial score (nSPS) is 11.9. The fourth-order valence-electron chi connectivity index (χ4n) is 1.93.